The molecule has 0 aromatic heterocycles. The number of aryl methyl sites for hydroxylation is 2. The van der Waals surface area contributed by atoms with E-state index >= 15 is 0 Å². The number of rotatable bonds is 6. The summed E-state index contributed by atoms with van der Waals surface area (Å²) in [5.74, 6) is 0.918. The predicted octanol–water partition coefficient (Wildman–Crippen LogP) is 4.44. The molecule has 2 nitrogen and oxygen atoms in total. The summed E-state index contributed by atoms with van der Waals surface area (Å²) in [6.07, 6.45) is 1.04. The second kappa shape index (κ2) is 6.99. The molecular formula is C18H23NO. The molecule has 2 aromatic carbocycles. The largest absolute Gasteiger partial charge is 0.491 e. The first kappa shape index (κ1) is 14.4. The van der Waals surface area contributed by atoms with Gasteiger partial charge in [0.2, 0.25) is 0 Å². The lowest BCUT2D eigenvalue weighted by molar-refractivity contribution is 0.304. The average Bonchev–Trinajstić information content (AvgIpc) is 2.48. The van der Waals surface area contributed by atoms with Crippen LogP contribution >= 0.6 is 0 Å². The fourth-order valence-electron chi connectivity index (χ4n) is 2.26. The van der Waals surface area contributed by atoms with Gasteiger partial charge in [-0.15, -0.1) is 0 Å². The second-order valence-electron chi connectivity index (χ2n) is 5.13. The number of para-hydroxylation sites is 2. The highest BCUT2D eigenvalue weighted by atomic mass is 16.5. The third-order valence-electron chi connectivity index (χ3n) is 3.37. The van der Waals surface area contributed by atoms with Crippen LogP contribution in [-0.2, 0) is 6.42 Å². The minimum absolute atomic E-state index is 0.265. The number of nitrogens with one attached hydrogen (secondary N) is 1. The monoisotopic (exact) mass is 269 g/mol. The number of anilines is 1. The SMILES string of the molecule is CCc1cccc(C)c1N[C@@H](C)COc1ccccc1. The summed E-state index contributed by atoms with van der Waals surface area (Å²) in [5.41, 5.74) is 3.90. The van der Waals surface area contributed by atoms with Crippen LogP contribution in [0.1, 0.15) is 25.0 Å². The van der Waals surface area contributed by atoms with Gasteiger partial charge in [0.1, 0.15) is 12.4 Å². The molecule has 0 bridgehead atoms. The molecule has 2 aromatic rings. The quantitative estimate of drug-likeness (QED) is 0.837. The lowest BCUT2D eigenvalue weighted by Gasteiger charge is -2.20. The molecule has 0 heterocycles. The Kier molecular flexibility index (Phi) is 5.05. The minimum atomic E-state index is 0.265. The van der Waals surface area contributed by atoms with Gasteiger partial charge in [-0.25, -0.2) is 0 Å². The Bertz CT molecular complexity index is 536. The van der Waals surface area contributed by atoms with E-state index in [1.54, 1.807) is 0 Å². The van der Waals surface area contributed by atoms with Crippen LogP contribution in [0.4, 0.5) is 5.69 Å². The predicted molar refractivity (Wildman–Crippen MR) is 85.6 cm³/mol. The van der Waals surface area contributed by atoms with Gasteiger partial charge in [-0.05, 0) is 43.5 Å². The van der Waals surface area contributed by atoms with E-state index in [9.17, 15) is 0 Å². The summed E-state index contributed by atoms with van der Waals surface area (Å²) in [5, 5.41) is 3.57. The van der Waals surface area contributed by atoms with Crippen molar-refractivity contribution in [3.8, 4) is 5.75 Å². The number of ether oxygens (including phenoxy) is 1. The molecule has 2 heteroatoms. The van der Waals surface area contributed by atoms with Gasteiger partial charge in [0.15, 0.2) is 0 Å². The zero-order valence-electron chi connectivity index (χ0n) is 12.5. The summed E-state index contributed by atoms with van der Waals surface area (Å²) in [6.45, 7) is 7.13. The molecule has 1 atom stereocenters. The van der Waals surface area contributed by atoms with Gasteiger partial charge in [0.25, 0.3) is 0 Å². The highest BCUT2D eigenvalue weighted by molar-refractivity contribution is 5.57. The third kappa shape index (κ3) is 3.77. The number of hydrogen-bond acceptors (Lipinski definition) is 2. The zero-order chi connectivity index (χ0) is 14.4. The first-order valence-electron chi connectivity index (χ1n) is 7.23. The maximum absolute atomic E-state index is 5.79. The Hall–Kier alpha value is -1.96. The molecule has 1 N–H and O–H groups in total. The smallest absolute Gasteiger partial charge is 0.119 e. The Morgan fingerprint density at radius 3 is 2.50 bits per heavy atom. The van der Waals surface area contributed by atoms with Crippen molar-refractivity contribution in [1.29, 1.82) is 0 Å². The van der Waals surface area contributed by atoms with Crippen molar-refractivity contribution in [2.45, 2.75) is 33.2 Å². The van der Waals surface area contributed by atoms with E-state index in [-0.39, 0.29) is 6.04 Å². The fraction of sp³-hybridized carbons (Fsp3) is 0.333. The zero-order valence-corrected chi connectivity index (χ0v) is 12.5. The molecular weight excluding hydrogens is 246 g/mol. The van der Waals surface area contributed by atoms with E-state index in [1.165, 1.54) is 16.8 Å². The van der Waals surface area contributed by atoms with Crippen molar-refractivity contribution in [3.05, 3.63) is 59.7 Å². The van der Waals surface area contributed by atoms with Gasteiger partial charge < -0.3 is 10.1 Å². The second-order valence-corrected chi connectivity index (χ2v) is 5.13. The maximum atomic E-state index is 5.79. The number of hydrogen-bond donors (Lipinski definition) is 1. The first-order valence-corrected chi connectivity index (χ1v) is 7.23. The Balaban J connectivity index is 1.96. The topological polar surface area (TPSA) is 21.3 Å². The van der Waals surface area contributed by atoms with Gasteiger partial charge in [0, 0.05) is 5.69 Å². The van der Waals surface area contributed by atoms with Gasteiger partial charge >= 0.3 is 0 Å². The van der Waals surface area contributed by atoms with Crippen LogP contribution in [0.25, 0.3) is 0 Å². The third-order valence-corrected chi connectivity index (χ3v) is 3.37. The Morgan fingerprint density at radius 2 is 1.80 bits per heavy atom. The van der Waals surface area contributed by atoms with E-state index in [0.717, 1.165) is 12.2 Å². The summed E-state index contributed by atoms with van der Waals surface area (Å²) in [6, 6.07) is 16.7. The van der Waals surface area contributed by atoms with Crippen molar-refractivity contribution in [2.24, 2.45) is 0 Å². The molecule has 0 aliphatic heterocycles. The molecule has 0 spiro atoms. The Morgan fingerprint density at radius 1 is 1.05 bits per heavy atom. The molecule has 0 unspecified atom stereocenters. The van der Waals surface area contributed by atoms with E-state index < -0.39 is 0 Å². The van der Waals surface area contributed by atoms with E-state index in [0.29, 0.717) is 6.61 Å². The average molecular weight is 269 g/mol. The lowest BCUT2D eigenvalue weighted by Crippen LogP contribution is -2.24. The van der Waals surface area contributed by atoms with Crippen LogP contribution in [0.2, 0.25) is 0 Å². The minimum Gasteiger partial charge on any atom is -0.491 e. The molecule has 0 aliphatic rings. The van der Waals surface area contributed by atoms with Gasteiger partial charge in [-0.1, -0.05) is 43.3 Å². The lowest BCUT2D eigenvalue weighted by atomic mass is 10.1. The Labute approximate surface area is 121 Å². The highest BCUT2D eigenvalue weighted by Gasteiger charge is 2.08. The molecule has 0 saturated heterocycles. The van der Waals surface area contributed by atoms with Gasteiger partial charge in [0.05, 0.1) is 6.04 Å². The normalized spacial score (nSPS) is 11.9. The number of benzene rings is 2. The van der Waals surface area contributed by atoms with E-state index in [1.807, 2.05) is 30.3 Å². The van der Waals surface area contributed by atoms with Gasteiger partial charge in [-0.3, -0.25) is 0 Å². The summed E-state index contributed by atoms with van der Waals surface area (Å²) >= 11 is 0. The van der Waals surface area contributed by atoms with Gasteiger partial charge in [-0.2, -0.15) is 0 Å². The van der Waals surface area contributed by atoms with Crippen LogP contribution in [0.15, 0.2) is 48.5 Å². The maximum Gasteiger partial charge on any atom is 0.119 e. The molecule has 0 aliphatic carbocycles. The standard InChI is InChI=1S/C18H23NO/c1-4-16-10-8-9-14(2)18(16)19-15(3)13-20-17-11-6-5-7-12-17/h5-12,15,19H,4,13H2,1-3H3/t15-/m0/s1. The molecule has 0 radical (unpaired) electrons. The first-order chi connectivity index (χ1) is 9.70. The van der Waals surface area contributed by atoms with E-state index in [2.05, 4.69) is 44.3 Å². The van der Waals surface area contributed by atoms with Crippen molar-refractivity contribution in [2.75, 3.05) is 11.9 Å². The molecule has 106 valence electrons. The van der Waals surface area contributed by atoms with Crippen molar-refractivity contribution < 1.29 is 4.74 Å². The summed E-state index contributed by atoms with van der Waals surface area (Å²) in [4.78, 5) is 0. The molecule has 2 rings (SSSR count). The van der Waals surface area contributed by atoms with Crippen molar-refractivity contribution in [1.82, 2.24) is 0 Å². The fourth-order valence-corrected chi connectivity index (χ4v) is 2.26. The van der Waals surface area contributed by atoms with Crippen LogP contribution in [0, 0.1) is 6.92 Å². The van der Waals surface area contributed by atoms with Crippen molar-refractivity contribution in [3.63, 3.8) is 0 Å². The highest BCUT2D eigenvalue weighted by Crippen LogP contribution is 2.22. The van der Waals surface area contributed by atoms with Crippen molar-refractivity contribution >= 4 is 5.69 Å². The van der Waals surface area contributed by atoms with Crippen LogP contribution < -0.4 is 10.1 Å². The van der Waals surface area contributed by atoms with E-state index in [4.69, 9.17) is 4.74 Å². The molecule has 0 saturated carbocycles. The summed E-state index contributed by atoms with van der Waals surface area (Å²) in [7, 11) is 0. The van der Waals surface area contributed by atoms with Crippen LogP contribution in [-0.4, -0.2) is 12.6 Å². The molecule has 20 heavy (non-hydrogen) atoms. The van der Waals surface area contributed by atoms with Crippen LogP contribution in [0.3, 0.4) is 0 Å². The molecule has 0 fully saturated rings. The molecule has 0 amide bonds. The summed E-state index contributed by atoms with van der Waals surface area (Å²) < 4.78 is 5.79. The van der Waals surface area contributed by atoms with Crippen LogP contribution in [0.5, 0.6) is 5.75 Å².